The summed E-state index contributed by atoms with van der Waals surface area (Å²) in [6.45, 7) is 6.89. The lowest BCUT2D eigenvalue weighted by Crippen LogP contribution is -2.52. The van der Waals surface area contributed by atoms with Crippen molar-refractivity contribution in [1.29, 1.82) is 0 Å². The summed E-state index contributed by atoms with van der Waals surface area (Å²) in [5.74, 6) is -0.820. The standard InChI is InChI=1S/C14H17N3O2S/c1-5-17-8(2)6-10(9(17)3)7-11-12(18)15-14(20)16(4)13(11)19/h6-7H,5H2,1-4H3,(H,15,18,20). The molecule has 1 aromatic rings. The van der Waals surface area contributed by atoms with Crippen molar-refractivity contribution >= 4 is 35.2 Å². The van der Waals surface area contributed by atoms with Gasteiger partial charge in [-0.2, -0.15) is 0 Å². The third-order valence-electron chi connectivity index (χ3n) is 3.53. The largest absolute Gasteiger partial charge is 0.349 e. The van der Waals surface area contributed by atoms with Crippen molar-refractivity contribution in [3.63, 3.8) is 0 Å². The fourth-order valence-electron chi connectivity index (χ4n) is 2.36. The van der Waals surface area contributed by atoms with Crippen LogP contribution < -0.4 is 5.32 Å². The molecule has 1 N–H and O–H groups in total. The summed E-state index contributed by atoms with van der Waals surface area (Å²) >= 11 is 4.91. The number of rotatable bonds is 2. The van der Waals surface area contributed by atoms with E-state index in [-0.39, 0.29) is 16.6 Å². The Kier molecular flexibility index (Phi) is 3.76. The number of hydrogen-bond donors (Lipinski definition) is 1. The Morgan fingerprint density at radius 1 is 1.35 bits per heavy atom. The van der Waals surface area contributed by atoms with Crippen LogP contribution in [0.5, 0.6) is 0 Å². The van der Waals surface area contributed by atoms with Crippen molar-refractivity contribution in [3.05, 3.63) is 28.6 Å². The van der Waals surface area contributed by atoms with Gasteiger partial charge < -0.3 is 4.57 Å². The Hall–Kier alpha value is -1.95. The van der Waals surface area contributed by atoms with Gasteiger partial charge in [0.2, 0.25) is 0 Å². The third-order valence-corrected chi connectivity index (χ3v) is 3.91. The second-order valence-corrected chi connectivity index (χ2v) is 5.14. The summed E-state index contributed by atoms with van der Waals surface area (Å²) in [6, 6.07) is 1.97. The van der Waals surface area contributed by atoms with Crippen molar-refractivity contribution in [2.45, 2.75) is 27.3 Å². The van der Waals surface area contributed by atoms with Gasteiger partial charge >= 0.3 is 0 Å². The second-order valence-electron chi connectivity index (χ2n) is 4.75. The molecule has 1 aromatic heterocycles. The van der Waals surface area contributed by atoms with E-state index in [1.165, 1.54) is 4.90 Å². The van der Waals surface area contributed by atoms with E-state index >= 15 is 0 Å². The van der Waals surface area contributed by atoms with Crippen LogP contribution in [0.25, 0.3) is 6.08 Å². The third kappa shape index (κ3) is 2.27. The number of likely N-dealkylation sites (N-methyl/N-ethyl adjacent to an activating group) is 1. The number of amides is 2. The lowest BCUT2D eigenvalue weighted by Gasteiger charge is -2.25. The normalized spacial score (nSPS) is 17.9. The molecule has 0 spiro atoms. The Balaban J connectivity index is 2.47. The van der Waals surface area contributed by atoms with E-state index in [4.69, 9.17) is 12.2 Å². The highest BCUT2D eigenvalue weighted by atomic mass is 32.1. The molecule has 2 heterocycles. The number of carbonyl (C=O) groups excluding carboxylic acids is 2. The molecule has 0 radical (unpaired) electrons. The average Bonchev–Trinajstić information content (AvgIpc) is 2.66. The molecule has 106 valence electrons. The quantitative estimate of drug-likeness (QED) is 0.509. The highest BCUT2D eigenvalue weighted by molar-refractivity contribution is 7.80. The zero-order chi connectivity index (χ0) is 15.0. The van der Waals surface area contributed by atoms with Gasteiger partial charge in [-0.05, 0) is 50.7 Å². The van der Waals surface area contributed by atoms with E-state index in [2.05, 4.69) is 16.8 Å². The predicted molar refractivity (Wildman–Crippen MR) is 81.1 cm³/mol. The van der Waals surface area contributed by atoms with Crippen LogP contribution in [0.15, 0.2) is 11.6 Å². The van der Waals surface area contributed by atoms with Crippen LogP contribution in [0.3, 0.4) is 0 Å². The molecule has 5 nitrogen and oxygen atoms in total. The van der Waals surface area contributed by atoms with Gasteiger partial charge in [-0.25, -0.2) is 0 Å². The molecule has 0 aromatic carbocycles. The molecule has 0 unspecified atom stereocenters. The van der Waals surface area contributed by atoms with Crippen LogP contribution >= 0.6 is 12.2 Å². The minimum atomic E-state index is -0.445. The van der Waals surface area contributed by atoms with Crippen LogP contribution in [-0.2, 0) is 16.1 Å². The second kappa shape index (κ2) is 5.20. The predicted octanol–water partition coefficient (Wildman–Crippen LogP) is 1.38. The molecule has 0 atom stereocenters. The number of hydrogen-bond acceptors (Lipinski definition) is 3. The molecule has 1 aliphatic rings. The molecule has 2 amide bonds. The molecule has 0 saturated carbocycles. The lowest BCUT2D eigenvalue weighted by atomic mass is 10.1. The minimum Gasteiger partial charge on any atom is -0.349 e. The van der Waals surface area contributed by atoms with Crippen molar-refractivity contribution in [1.82, 2.24) is 14.8 Å². The first kappa shape index (κ1) is 14.5. The number of thiocarbonyl (C=S) groups is 1. The van der Waals surface area contributed by atoms with E-state index in [0.717, 1.165) is 23.5 Å². The van der Waals surface area contributed by atoms with Gasteiger partial charge in [0.15, 0.2) is 5.11 Å². The topological polar surface area (TPSA) is 54.3 Å². The molecule has 0 bridgehead atoms. The van der Waals surface area contributed by atoms with E-state index in [1.54, 1.807) is 13.1 Å². The molecule has 1 aliphatic heterocycles. The molecule has 2 rings (SSSR count). The Morgan fingerprint density at radius 3 is 2.55 bits per heavy atom. The van der Waals surface area contributed by atoms with Crippen LogP contribution in [0.1, 0.15) is 23.9 Å². The fraction of sp³-hybridized carbons (Fsp3) is 0.357. The first-order valence-electron chi connectivity index (χ1n) is 6.38. The summed E-state index contributed by atoms with van der Waals surface area (Å²) in [5.41, 5.74) is 3.12. The summed E-state index contributed by atoms with van der Waals surface area (Å²) in [5, 5.41) is 2.64. The minimum absolute atomic E-state index is 0.109. The van der Waals surface area contributed by atoms with Crippen LogP contribution in [0.4, 0.5) is 0 Å². The number of aryl methyl sites for hydroxylation is 1. The molecule has 20 heavy (non-hydrogen) atoms. The first-order valence-corrected chi connectivity index (χ1v) is 6.79. The van der Waals surface area contributed by atoms with E-state index in [9.17, 15) is 9.59 Å². The molecule has 1 fully saturated rings. The molecule has 1 saturated heterocycles. The van der Waals surface area contributed by atoms with Crippen molar-refractivity contribution in [2.24, 2.45) is 0 Å². The van der Waals surface area contributed by atoms with Gasteiger partial charge in [0, 0.05) is 25.0 Å². The molecular weight excluding hydrogens is 274 g/mol. The molecular formula is C14H17N3O2S. The summed E-state index contributed by atoms with van der Waals surface area (Å²) < 4.78 is 2.13. The maximum absolute atomic E-state index is 12.1. The molecule has 6 heteroatoms. The highest BCUT2D eigenvalue weighted by Crippen LogP contribution is 2.20. The van der Waals surface area contributed by atoms with Gasteiger partial charge in [0.1, 0.15) is 5.57 Å². The first-order chi connectivity index (χ1) is 9.36. The van der Waals surface area contributed by atoms with Crippen LogP contribution in [-0.4, -0.2) is 33.4 Å². The highest BCUT2D eigenvalue weighted by Gasteiger charge is 2.31. The maximum Gasteiger partial charge on any atom is 0.265 e. The van der Waals surface area contributed by atoms with E-state index in [0.29, 0.717) is 0 Å². The van der Waals surface area contributed by atoms with Gasteiger partial charge in [-0.15, -0.1) is 0 Å². The Labute approximate surface area is 123 Å². The van der Waals surface area contributed by atoms with E-state index in [1.807, 2.05) is 19.9 Å². The lowest BCUT2D eigenvalue weighted by molar-refractivity contribution is -0.128. The monoisotopic (exact) mass is 291 g/mol. The van der Waals surface area contributed by atoms with Gasteiger partial charge in [0.05, 0.1) is 0 Å². The van der Waals surface area contributed by atoms with Gasteiger partial charge in [0.25, 0.3) is 11.8 Å². The van der Waals surface area contributed by atoms with Gasteiger partial charge in [-0.1, -0.05) is 0 Å². The van der Waals surface area contributed by atoms with Crippen LogP contribution in [0, 0.1) is 13.8 Å². The summed E-state index contributed by atoms with van der Waals surface area (Å²) in [7, 11) is 1.55. The zero-order valence-corrected chi connectivity index (χ0v) is 12.8. The Bertz CT molecular complexity index is 643. The number of nitrogens with one attached hydrogen (secondary N) is 1. The van der Waals surface area contributed by atoms with Crippen molar-refractivity contribution in [3.8, 4) is 0 Å². The van der Waals surface area contributed by atoms with Crippen molar-refractivity contribution in [2.75, 3.05) is 7.05 Å². The smallest absolute Gasteiger partial charge is 0.265 e. The van der Waals surface area contributed by atoms with Gasteiger partial charge in [-0.3, -0.25) is 19.8 Å². The van der Waals surface area contributed by atoms with Crippen molar-refractivity contribution < 1.29 is 9.59 Å². The SMILES string of the molecule is CCn1c(C)cc(C=C2C(=O)NC(=S)N(C)C2=O)c1C. The average molecular weight is 291 g/mol. The maximum atomic E-state index is 12.1. The number of carbonyl (C=O) groups is 2. The number of nitrogens with zero attached hydrogens (tertiary/aromatic N) is 2. The summed E-state index contributed by atoms with van der Waals surface area (Å²) in [6.07, 6.45) is 1.63. The summed E-state index contributed by atoms with van der Waals surface area (Å²) in [4.78, 5) is 25.3. The zero-order valence-electron chi connectivity index (χ0n) is 12.0. The van der Waals surface area contributed by atoms with E-state index < -0.39 is 5.91 Å². The molecule has 0 aliphatic carbocycles. The number of aromatic nitrogens is 1. The van der Waals surface area contributed by atoms with Crippen LogP contribution in [0.2, 0.25) is 0 Å². The Morgan fingerprint density at radius 2 is 2.00 bits per heavy atom. The fourth-order valence-corrected chi connectivity index (χ4v) is 2.54.